The van der Waals surface area contributed by atoms with E-state index in [0.29, 0.717) is 0 Å². The van der Waals surface area contributed by atoms with Crippen LogP contribution >= 0.6 is 0 Å². The third kappa shape index (κ3) is 3.58. The topological polar surface area (TPSA) is 119 Å². The molecule has 0 rings (SSSR count). The van der Waals surface area contributed by atoms with Crippen LogP contribution in [0.1, 0.15) is 13.3 Å². The van der Waals surface area contributed by atoms with Crippen LogP contribution in [0.3, 0.4) is 0 Å². The predicted molar refractivity (Wildman–Crippen MR) is 47.3 cm³/mol. The van der Waals surface area contributed by atoms with Crippen LogP contribution in [0.4, 0.5) is 0 Å². The molecule has 0 aromatic heterocycles. The lowest BCUT2D eigenvalue weighted by Crippen LogP contribution is -2.19. The van der Waals surface area contributed by atoms with Crippen molar-refractivity contribution in [1.29, 1.82) is 5.26 Å². The summed E-state index contributed by atoms with van der Waals surface area (Å²) in [5.74, 6) is -1.55. The van der Waals surface area contributed by atoms with Gasteiger partial charge in [0, 0.05) is 5.70 Å². The molecule has 6 nitrogen and oxygen atoms in total. The minimum absolute atomic E-state index is 0.133. The fourth-order valence-electron chi connectivity index (χ4n) is 0.728. The maximum Gasteiger partial charge on any atom is 0.350 e. The zero-order chi connectivity index (χ0) is 11.1. The van der Waals surface area contributed by atoms with E-state index in [2.05, 4.69) is 4.74 Å². The third-order valence-electron chi connectivity index (χ3n) is 1.28. The maximum atomic E-state index is 11.1. The van der Waals surface area contributed by atoms with Gasteiger partial charge in [0.05, 0.1) is 13.0 Å². The number of amides is 1. The zero-order valence-corrected chi connectivity index (χ0v) is 7.74. The normalized spacial score (nSPS) is 11.1. The largest absolute Gasteiger partial charge is 0.462 e. The van der Waals surface area contributed by atoms with Crippen molar-refractivity contribution in [2.45, 2.75) is 13.3 Å². The Kier molecular flexibility index (Phi) is 4.78. The first-order valence-electron chi connectivity index (χ1n) is 3.87. The van der Waals surface area contributed by atoms with E-state index in [1.54, 1.807) is 13.0 Å². The van der Waals surface area contributed by atoms with Gasteiger partial charge in [0.15, 0.2) is 5.57 Å². The van der Waals surface area contributed by atoms with E-state index < -0.39 is 11.9 Å². The Hall–Kier alpha value is -2.03. The number of nitrogens with two attached hydrogens (primary N) is 2. The molecular weight excluding hydrogens is 186 g/mol. The molecule has 0 spiro atoms. The summed E-state index contributed by atoms with van der Waals surface area (Å²) in [6, 6.07) is 1.56. The first-order chi connectivity index (χ1) is 6.52. The van der Waals surface area contributed by atoms with Gasteiger partial charge in [-0.05, 0) is 6.92 Å². The average Bonchev–Trinajstić information content (AvgIpc) is 2.04. The number of nitrogens with zero attached hydrogens (tertiary/aromatic N) is 1. The van der Waals surface area contributed by atoms with E-state index in [4.69, 9.17) is 16.7 Å². The van der Waals surface area contributed by atoms with Crippen LogP contribution < -0.4 is 11.5 Å². The van der Waals surface area contributed by atoms with Gasteiger partial charge < -0.3 is 16.2 Å². The van der Waals surface area contributed by atoms with Gasteiger partial charge in [-0.2, -0.15) is 5.26 Å². The minimum atomic E-state index is -0.839. The van der Waals surface area contributed by atoms with Crippen LogP contribution in [0.15, 0.2) is 11.3 Å². The molecule has 0 aliphatic carbocycles. The standard InChI is InChI=1S/C8H11N3O3/c1-2-14-8(13)5(4-9)6(10)3-7(11)12/h2-3,10H2,1H3,(H2,11,12)/b6-5+. The number of nitriles is 1. The predicted octanol–water partition coefficient (Wildman–Crippen LogP) is -0.839. The highest BCUT2D eigenvalue weighted by Crippen LogP contribution is 2.04. The number of hydrogen-bond donors (Lipinski definition) is 2. The van der Waals surface area contributed by atoms with Crippen molar-refractivity contribution in [3.63, 3.8) is 0 Å². The number of primary amides is 1. The van der Waals surface area contributed by atoms with Crippen LogP contribution in [-0.2, 0) is 14.3 Å². The lowest BCUT2D eigenvalue weighted by molar-refractivity contribution is -0.138. The van der Waals surface area contributed by atoms with Crippen LogP contribution in [0.5, 0.6) is 0 Å². The second kappa shape index (κ2) is 5.59. The Bertz CT molecular complexity index is 314. The molecule has 0 unspecified atom stereocenters. The zero-order valence-electron chi connectivity index (χ0n) is 7.74. The Balaban J connectivity index is 4.77. The summed E-state index contributed by atoms with van der Waals surface area (Å²) in [6.07, 6.45) is -0.332. The summed E-state index contributed by atoms with van der Waals surface area (Å²) in [5.41, 5.74) is 9.62. The fraction of sp³-hybridized carbons (Fsp3) is 0.375. The van der Waals surface area contributed by atoms with Crippen molar-refractivity contribution in [3.05, 3.63) is 11.3 Å². The van der Waals surface area contributed by atoms with Crippen LogP contribution in [0.25, 0.3) is 0 Å². The number of esters is 1. The molecule has 0 aliphatic heterocycles. The lowest BCUT2D eigenvalue weighted by atomic mass is 10.2. The number of hydrogen-bond acceptors (Lipinski definition) is 5. The Morgan fingerprint density at radius 1 is 1.43 bits per heavy atom. The van der Waals surface area contributed by atoms with Crippen LogP contribution in [-0.4, -0.2) is 18.5 Å². The lowest BCUT2D eigenvalue weighted by Gasteiger charge is -2.02. The van der Waals surface area contributed by atoms with E-state index in [9.17, 15) is 9.59 Å². The molecule has 0 fully saturated rings. The molecule has 4 N–H and O–H groups in total. The molecule has 0 heterocycles. The van der Waals surface area contributed by atoms with Gasteiger partial charge in [0.25, 0.3) is 0 Å². The fourth-order valence-corrected chi connectivity index (χ4v) is 0.728. The number of ether oxygens (including phenoxy) is 1. The van der Waals surface area contributed by atoms with E-state index >= 15 is 0 Å². The Morgan fingerprint density at radius 3 is 2.36 bits per heavy atom. The first-order valence-corrected chi connectivity index (χ1v) is 3.87. The molecule has 1 amide bonds. The molecule has 6 heteroatoms. The smallest absolute Gasteiger partial charge is 0.350 e. The average molecular weight is 197 g/mol. The van der Waals surface area contributed by atoms with Crippen molar-refractivity contribution in [2.75, 3.05) is 6.61 Å². The van der Waals surface area contributed by atoms with E-state index in [1.165, 1.54) is 0 Å². The summed E-state index contributed by atoms with van der Waals surface area (Å²) in [6.45, 7) is 1.73. The first kappa shape index (κ1) is 12.0. The van der Waals surface area contributed by atoms with E-state index in [1.807, 2.05) is 0 Å². The highest BCUT2D eigenvalue weighted by atomic mass is 16.5. The molecule has 0 aliphatic rings. The molecule has 0 radical (unpaired) electrons. The second-order valence-corrected chi connectivity index (χ2v) is 2.38. The molecule has 0 aromatic carbocycles. The van der Waals surface area contributed by atoms with Crippen LogP contribution in [0, 0.1) is 11.3 Å². The van der Waals surface area contributed by atoms with Gasteiger partial charge in [0.2, 0.25) is 5.91 Å². The maximum absolute atomic E-state index is 11.1. The molecule has 14 heavy (non-hydrogen) atoms. The Labute approximate surface area is 81.1 Å². The summed E-state index contributed by atoms with van der Waals surface area (Å²) in [5, 5.41) is 8.57. The summed E-state index contributed by atoms with van der Waals surface area (Å²) >= 11 is 0. The second-order valence-electron chi connectivity index (χ2n) is 2.38. The van der Waals surface area contributed by atoms with Gasteiger partial charge in [-0.1, -0.05) is 0 Å². The van der Waals surface area contributed by atoms with Crippen molar-refractivity contribution in [1.82, 2.24) is 0 Å². The number of carbonyl (C=O) groups is 2. The van der Waals surface area contributed by atoms with Crippen molar-refractivity contribution < 1.29 is 14.3 Å². The number of rotatable bonds is 4. The van der Waals surface area contributed by atoms with Crippen molar-refractivity contribution in [3.8, 4) is 6.07 Å². The van der Waals surface area contributed by atoms with Gasteiger partial charge >= 0.3 is 5.97 Å². The van der Waals surface area contributed by atoms with Gasteiger partial charge in [-0.25, -0.2) is 4.79 Å². The monoisotopic (exact) mass is 197 g/mol. The molecule has 0 atom stereocenters. The van der Waals surface area contributed by atoms with Crippen molar-refractivity contribution >= 4 is 11.9 Å². The van der Waals surface area contributed by atoms with Gasteiger partial charge in [-0.3, -0.25) is 4.79 Å². The van der Waals surface area contributed by atoms with Crippen molar-refractivity contribution in [2.24, 2.45) is 11.5 Å². The molecule has 0 aromatic rings. The summed E-state index contributed by atoms with van der Waals surface area (Å²) in [7, 11) is 0. The summed E-state index contributed by atoms with van der Waals surface area (Å²) in [4.78, 5) is 21.5. The van der Waals surface area contributed by atoms with E-state index in [-0.39, 0.29) is 24.3 Å². The third-order valence-corrected chi connectivity index (χ3v) is 1.28. The SMILES string of the molecule is CCOC(=O)/C(C#N)=C(/N)CC(N)=O. The molecule has 76 valence electrons. The van der Waals surface area contributed by atoms with E-state index in [0.717, 1.165) is 0 Å². The summed E-state index contributed by atoms with van der Waals surface area (Å²) < 4.78 is 4.55. The highest BCUT2D eigenvalue weighted by Gasteiger charge is 2.15. The quantitative estimate of drug-likeness (QED) is 0.346. The molecule has 0 saturated heterocycles. The molecule has 0 bridgehead atoms. The van der Waals surface area contributed by atoms with Gasteiger partial charge in [0.1, 0.15) is 6.07 Å². The number of carbonyl (C=O) groups excluding carboxylic acids is 2. The molecular formula is C8H11N3O3. The van der Waals surface area contributed by atoms with Crippen LogP contribution in [0.2, 0.25) is 0 Å². The highest BCUT2D eigenvalue weighted by molar-refractivity contribution is 5.94. The Morgan fingerprint density at radius 2 is 2.00 bits per heavy atom. The minimum Gasteiger partial charge on any atom is -0.462 e. The van der Waals surface area contributed by atoms with Gasteiger partial charge in [-0.15, -0.1) is 0 Å². The molecule has 0 saturated carbocycles.